The average molecular weight is 375 g/mol. The molecule has 1 fully saturated rings. The zero-order chi connectivity index (χ0) is 18.5. The van der Waals surface area contributed by atoms with Crippen molar-refractivity contribution < 1.29 is 14.3 Å². The van der Waals surface area contributed by atoms with E-state index < -0.39 is 0 Å². The number of carbonyl (C=O) groups excluding carboxylic acids is 1. The molecule has 26 heavy (non-hydrogen) atoms. The van der Waals surface area contributed by atoms with Crippen LogP contribution in [0.1, 0.15) is 25.3 Å². The summed E-state index contributed by atoms with van der Waals surface area (Å²) in [5.74, 6) is 1.58. The van der Waals surface area contributed by atoms with Gasteiger partial charge in [-0.05, 0) is 38.4 Å². The van der Waals surface area contributed by atoms with Crippen LogP contribution >= 0.6 is 11.3 Å². The van der Waals surface area contributed by atoms with Crippen LogP contribution in [0.5, 0.6) is 11.5 Å². The summed E-state index contributed by atoms with van der Waals surface area (Å²) in [6.07, 6.45) is 3.43. The van der Waals surface area contributed by atoms with Crippen LogP contribution in [0.3, 0.4) is 0 Å². The van der Waals surface area contributed by atoms with Gasteiger partial charge in [0.05, 0.1) is 20.8 Å². The molecule has 2 aromatic rings. The summed E-state index contributed by atoms with van der Waals surface area (Å²) in [7, 11) is 3.25. The van der Waals surface area contributed by atoms with Crippen molar-refractivity contribution in [2.75, 3.05) is 25.7 Å². The van der Waals surface area contributed by atoms with Gasteiger partial charge in [-0.15, -0.1) is 11.3 Å². The third kappa shape index (κ3) is 4.16. The number of benzene rings is 1. The Labute approximate surface area is 158 Å². The van der Waals surface area contributed by atoms with Crippen molar-refractivity contribution in [3.05, 3.63) is 35.3 Å². The van der Waals surface area contributed by atoms with E-state index >= 15 is 0 Å². The van der Waals surface area contributed by atoms with Crippen molar-refractivity contribution >= 4 is 22.4 Å². The van der Waals surface area contributed by atoms with Gasteiger partial charge in [-0.2, -0.15) is 0 Å². The van der Waals surface area contributed by atoms with Crippen LogP contribution < -0.4 is 19.7 Å². The quantitative estimate of drug-likeness (QED) is 0.841. The van der Waals surface area contributed by atoms with E-state index in [1.165, 1.54) is 11.3 Å². The molecule has 0 bridgehead atoms. The summed E-state index contributed by atoms with van der Waals surface area (Å²) in [6, 6.07) is 6.02. The zero-order valence-electron chi connectivity index (χ0n) is 15.4. The van der Waals surface area contributed by atoms with Crippen molar-refractivity contribution in [3.63, 3.8) is 0 Å². The molecule has 1 N–H and O–H groups in total. The van der Waals surface area contributed by atoms with Crippen molar-refractivity contribution in [1.82, 2.24) is 10.3 Å². The molecule has 1 aromatic carbocycles. The largest absolute Gasteiger partial charge is 0.497 e. The smallest absolute Gasteiger partial charge is 0.232 e. The second kappa shape index (κ2) is 8.51. The van der Waals surface area contributed by atoms with Crippen LogP contribution in [0.15, 0.2) is 29.8 Å². The first-order valence-corrected chi connectivity index (χ1v) is 9.65. The molecule has 6 nitrogen and oxygen atoms in total. The summed E-state index contributed by atoms with van der Waals surface area (Å²) in [5, 5.41) is 6.02. The van der Waals surface area contributed by atoms with Crippen molar-refractivity contribution in [1.29, 1.82) is 0 Å². The van der Waals surface area contributed by atoms with Gasteiger partial charge in [0.2, 0.25) is 5.91 Å². The van der Waals surface area contributed by atoms with Crippen molar-refractivity contribution in [2.45, 2.75) is 32.4 Å². The van der Waals surface area contributed by atoms with Gasteiger partial charge in [0, 0.05) is 35.2 Å². The standard InChI is InChI=1S/C19H25N3O3S/c1-13-10-14(6-7-20-13)18(23)22(19-21-8-9-26-19)12-15-4-5-16(24-2)11-17(15)25-3/h4-5,8-9,11,13-14,20H,6-7,10,12H2,1-3H3/t13-,14-/m0/s1. The Balaban J connectivity index is 1.87. The lowest BCUT2D eigenvalue weighted by Gasteiger charge is -2.31. The number of rotatable bonds is 6. The van der Waals surface area contributed by atoms with E-state index in [1.807, 2.05) is 23.6 Å². The number of hydrogen-bond acceptors (Lipinski definition) is 6. The first kappa shape index (κ1) is 18.7. The predicted octanol–water partition coefficient (Wildman–Crippen LogP) is 3.08. The Morgan fingerprint density at radius 3 is 2.88 bits per heavy atom. The lowest BCUT2D eigenvalue weighted by atomic mass is 9.92. The summed E-state index contributed by atoms with van der Waals surface area (Å²) in [6.45, 7) is 3.42. The lowest BCUT2D eigenvalue weighted by molar-refractivity contribution is -0.123. The fraction of sp³-hybridized carbons (Fsp3) is 0.474. The SMILES string of the molecule is COc1ccc(CN(C(=O)[C@H]2CCN[C@@H](C)C2)c2nccs2)c(OC)c1. The van der Waals surface area contributed by atoms with Crippen molar-refractivity contribution in [3.8, 4) is 11.5 Å². The Bertz CT molecular complexity index is 736. The zero-order valence-corrected chi connectivity index (χ0v) is 16.2. The monoisotopic (exact) mass is 375 g/mol. The molecule has 0 saturated carbocycles. The number of anilines is 1. The highest BCUT2D eigenvalue weighted by Crippen LogP contribution is 2.30. The predicted molar refractivity (Wildman–Crippen MR) is 103 cm³/mol. The molecule has 2 atom stereocenters. The summed E-state index contributed by atoms with van der Waals surface area (Å²) < 4.78 is 10.8. The van der Waals surface area contributed by atoms with Crippen LogP contribution in [0.25, 0.3) is 0 Å². The molecular weight excluding hydrogens is 350 g/mol. The minimum Gasteiger partial charge on any atom is -0.497 e. The molecule has 1 aliphatic heterocycles. The summed E-state index contributed by atoms with van der Waals surface area (Å²) in [5.41, 5.74) is 0.929. The molecular formula is C19H25N3O3S. The third-order valence-electron chi connectivity index (χ3n) is 4.71. The van der Waals surface area contributed by atoms with E-state index in [2.05, 4.69) is 17.2 Å². The molecule has 0 unspecified atom stereocenters. The second-order valence-electron chi connectivity index (χ2n) is 6.49. The van der Waals surface area contributed by atoms with E-state index in [4.69, 9.17) is 9.47 Å². The second-order valence-corrected chi connectivity index (χ2v) is 7.37. The first-order chi connectivity index (χ1) is 12.6. The van der Waals surface area contributed by atoms with Crippen LogP contribution in [-0.2, 0) is 11.3 Å². The van der Waals surface area contributed by atoms with E-state index in [0.29, 0.717) is 18.3 Å². The van der Waals surface area contributed by atoms with Gasteiger partial charge in [-0.3, -0.25) is 9.69 Å². The molecule has 0 spiro atoms. The van der Waals surface area contributed by atoms with Crippen LogP contribution in [-0.4, -0.2) is 37.7 Å². The van der Waals surface area contributed by atoms with Gasteiger partial charge in [0.25, 0.3) is 0 Å². The Morgan fingerprint density at radius 1 is 1.38 bits per heavy atom. The molecule has 7 heteroatoms. The van der Waals surface area contributed by atoms with Gasteiger partial charge in [0.15, 0.2) is 5.13 Å². The Kier molecular flexibility index (Phi) is 6.11. The topological polar surface area (TPSA) is 63.7 Å². The summed E-state index contributed by atoms with van der Waals surface area (Å²) in [4.78, 5) is 19.4. The molecule has 140 valence electrons. The fourth-order valence-corrected chi connectivity index (χ4v) is 3.97. The number of aromatic nitrogens is 1. The van der Waals surface area contributed by atoms with Gasteiger partial charge >= 0.3 is 0 Å². The Morgan fingerprint density at radius 2 is 2.23 bits per heavy atom. The minimum absolute atomic E-state index is 0.0133. The maximum absolute atomic E-state index is 13.3. The molecule has 1 saturated heterocycles. The molecule has 1 amide bonds. The lowest BCUT2D eigenvalue weighted by Crippen LogP contribution is -2.44. The number of amides is 1. The third-order valence-corrected chi connectivity index (χ3v) is 5.51. The number of nitrogens with zero attached hydrogens (tertiary/aromatic N) is 2. The highest BCUT2D eigenvalue weighted by molar-refractivity contribution is 7.13. The number of ether oxygens (including phenoxy) is 2. The molecule has 1 aromatic heterocycles. The number of carbonyl (C=O) groups is 1. The Hall–Kier alpha value is -2.12. The number of nitrogens with one attached hydrogen (secondary N) is 1. The number of thiazole rings is 1. The maximum atomic E-state index is 13.3. The molecule has 1 aliphatic rings. The fourth-order valence-electron chi connectivity index (χ4n) is 3.32. The number of hydrogen-bond donors (Lipinski definition) is 1. The van der Waals surface area contributed by atoms with Gasteiger partial charge < -0.3 is 14.8 Å². The van der Waals surface area contributed by atoms with Crippen LogP contribution in [0, 0.1) is 5.92 Å². The highest BCUT2D eigenvalue weighted by atomic mass is 32.1. The van der Waals surface area contributed by atoms with E-state index in [9.17, 15) is 4.79 Å². The van der Waals surface area contributed by atoms with E-state index in [0.717, 1.165) is 35.8 Å². The highest BCUT2D eigenvalue weighted by Gasteiger charge is 2.31. The van der Waals surface area contributed by atoms with E-state index in [1.54, 1.807) is 25.3 Å². The van der Waals surface area contributed by atoms with Crippen LogP contribution in [0.4, 0.5) is 5.13 Å². The number of piperidine rings is 1. The molecule has 3 rings (SSSR count). The molecule has 0 aliphatic carbocycles. The normalized spacial score (nSPS) is 19.8. The van der Waals surface area contributed by atoms with Gasteiger partial charge in [-0.25, -0.2) is 4.98 Å². The van der Waals surface area contributed by atoms with Crippen LogP contribution in [0.2, 0.25) is 0 Å². The van der Waals surface area contributed by atoms with Gasteiger partial charge in [0.1, 0.15) is 11.5 Å². The minimum atomic E-state index is 0.0133. The molecule has 2 heterocycles. The first-order valence-electron chi connectivity index (χ1n) is 8.77. The number of methoxy groups -OCH3 is 2. The average Bonchev–Trinajstić information content (AvgIpc) is 3.20. The van der Waals surface area contributed by atoms with E-state index in [-0.39, 0.29) is 11.8 Å². The van der Waals surface area contributed by atoms with Gasteiger partial charge in [-0.1, -0.05) is 0 Å². The summed E-state index contributed by atoms with van der Waals surface area (Å²) >= 11 is 1.48. The maximum Gasteiger partial charge on any atom is 0.232 e. The van der Waals surface area contributed by atoms with Crippen molar-refractivity contribution in [2.24, 2.45) is 5.92 Å². The molecule has 0 radical (unpaired) electrons.